The van der Waals surface area contributed by atoms with Crippen molar-refractivity contribution in [2.45, 2.75) is 77.6 Å². The summed E-state index contributed by atoms with van der Waals surface area (Å²) in [5.41, 5.74) is 1.17. The number of hydrogen-bond donors (Lipinski definition) is 2. The Bertz CT molecular complexity index is 581. The summed E-state index contributed by atoms with van der Waals surface area (Å²) in [4.78, 5) is 22.7. The van der Waals surface area contributed by atoms with E-state index in [4.69, 9.17) is 5.11 Å². The summed E-state index contributed by atoms with van der Waals surface area (Å²) < 4.78 is 0. The Balaban J connectivity index is 2.15. The molecule has 4 nitrogen and oxygen atoms in total. The van der Waals surface area contributed by atoms with Crippen molar-refractivity contribution >= 4 is 17.4 Å². The molecule has 0 spiro atoms. The molecule has 0 radical (unpaired) electrons. The summed E-state index contributed by atoms with van der Waals surface area (Å²) >= 11 is 0. The third-order valence-corrected chi connectivity index (χ3v) is 4.54. The molecule has 0 aliphatic rings. The fourth-order valence-electron chi connectivity index (χ4n) is 3.01. The van der Waals surface area contributed by atoms with Crippen molar-refractivity contribution in [2.75, 3.05) is 11.9 Å². The zero-order chi connectivity index (χ0) is 19.7. The molecule has 150 valence electrons. The SMILES string of the molecule is CCCCCCCCC/C=C/CCCNc1ccccc1C(=O)CC(=O)O. The number of unbranched alkanes of at least 4 members (excludes halogenated alkanes) is 8. The van der Waals surface area contributed by atoms with Crippen LogP contribution >= 0.6 is 0 Å². The summed E-state index contributed by atoms with van der Waals surface area (Å²) in [5.74, 6) is -1.46. The number of carbonyl (C=O) groups is 2. The largest absolute Gasteiger partial charge is 0.481 e. The third kappa shape index (κ3) is 11.3. The number of carboxylic acid groups (broad SMARTS) is 1. The molecule has 0 unspecified atom stereocenters. The number of benzene rings is 1. The first kappa shape index (κ1) is 22.9. The first-order valence-electron chi connectivity index (χ1n) is 10.4. The van der Waals surface area contributed by atoms with E-state index in [2.05, 4.69) is 24.4 Å². The predicted molar refractivity (Wildman–Crippen MR) is 112 cm³/mol. The van der Waals surface area contributed by atoms with Crippen LogP contribution in [0.15, 0.2) is 36.4 Å². The second-order valence-corrected chi connectivity index (χ2v) is 6.99. The van der Waals surface area contributed by atoms with Crippen LogP contribution in [0, 0.1) is 0 Å². The molecule has 0 saturated carbocycles. The molecular formula is C23H35NO3. The van der Waals surface area contributed by atoms with Gasteiger partial charge in [-0.15, -0.1) is 0 Å². The number of carboxylic acids is 1. The molecule has 2 N–H and O–H groups in total. The maximum Gasteiger partial charge on any atom is 0.311 e. The van der Waals surface area contributed by atoms with Crippen LogP contribution in [0.5, 0.6) is 0 Å². The van der Waals surface area contributed by atoms with Gasteiger partial charge in [0.1, 0.15) is 6.42 Å². The lowest BCUT2D eigenvalue weighted by atomic mass is 10.1. The number of ketones is 1. The Morgan fingerprint density at radius 2 is 1.56 bits per heavy atom. The van der Waals surface area contributed by atoms with Gasteiger partial charge in [-0.05, 0) is 37.8 Å². The molecule has 0 aromatic heterocycles. The van der Waals surface area contributed by atoms with Crippen LogP contribution < -0.4 is 5.32 Å². The van der Waals surface area contributed by atoms with E-state index < -0.39 is 12.4 Å². The van der Waals surface area contributed by atoms with Crippen LogP contribution in [0.25, 0.3) is 0 Å². The van der Waals surface area contributed by atoms with Gasteiger partial charge >= 0.3 is 5.97 Å². The molecule has 0 aliphatic carbocycles. The lowest BCUT2D eigenvalue weighted by Crippen LogP contribution is -2.11. The number of hydrogen-bond acceptors (Lipinski definition) is 3. The van der Waals surface area contributed by atoms with E-state index >= 15 is 0 Å². The summed E-state index contributed by atoms with van der Waals surface area (Å²) in [6.07, 6.45) is 16.6. The number of para-hydroxylation sites is 1. The zero-order valence-electron chi connectivity index (χ0n) is 16.7. The normalized spacial score (nSPS) is 11.0. The number of nitrogens with one attached hydrogen (secondary N) is 1. The maximum atomic E-state index is 12.0. The third-order valence-electron chi connectivity index (χ3n) is 4.54. The Hall–Kier alpha value is -2.10. The maximum absolute atomic E-state index is 12.0. The average Bonchev–Trinajstić information content (AvgIpc) is 2.65. The minimum atomic E-state index is -1.10. The van der Waals surface area contributed by atoms with E-state index in [9.17, 15) is 9.59 Å². The summed E-state index contributed by atoms with van der Waals surface area (Å²) in [6, 6.07) is 7.11. The van der Waals surface area contributed by atoms with Crippen LogP contribution in [0.4, 0.5) is 5.69 Å². The van der Waals surface area contributed by atoms with E-state index in [-0.39, 0.29) is 5.78 Å². The first-order valence-corrected chi connectivity index (χ1v) is 10.4. The molecule has 0 fully saturated rings. The summed E-state index contributed by atoms with van der Waals surface area (Å²) in [7, 11) is 0. The highest BCUT2D eigenvalue weighted by molar-refractivity contribution is 6.08. The Labute approximate surface area is 164 Å². The lowest BCUT2D eigenvalue weighted by molar-refractivity contribution is -0.135. The van der Waals surface area contributed by atoms with E-state index in [1.165, 1.54) is 44.9 Å². The molecule has 0 aliphatic heterocycles. The number of rotatable bonds is 16. The van der Waals surface area contributed by atoms with Crippen LogP contribution in [0.3, 0.4) is 0 Å². The molecular weight excluding hydrogens is 338 g/mol. The predicted octanol–water partition coefficient (Wildman–Crippen LogP) is 6.23. The van der Waals surface area contributed by atoms with Crippen molar-refractivity contribution in [1.29, 1.82) is 0 Å². The standard InChI is InChI=1S/C23H35NO3/c1-2-3-4-5-6-7-8-9-10-11-12-15-18-24-21-17-14-13-16-20(21)22(25)19-23(26)27/h10-11,13-14,16-17,24H,2-9,12,15,18-19H2,1H3,(H,26,27)/b11-10+. The fourth-order valence-corrected chi connectivity index (χ4v) is 3.01. The monoisotopic (exact) mass is 373 g/mol. The van der Waals surface area contributed by atoms with Crippen molar-refractivity contribution in [2.24, 2.45) is 0 Å². The smallest absolute Gasteiger partial charge is 0.311 e. The topological polar surface area (TPSA) is 66.4 Å². The van der Waals surface area contributed by atoms with Gasteiger partial charge in [0.15, 0.2) is 5.78 Å². The highest BCUT2D eigenvalue weighted by Gasteiger charge is 2.13. The lowest BCUT2D eigenvalue weighted by Gasteiger charge is -2.10. The van der Waals surface area contributed by atoms with Gasteiger partial charge < -0.3 is 10.4 Å². The fraction of sp³-hybridized carbons (Fsp3) is 0.565. The first-order chi connectivity index (χ1) is 13.1. The minimum Gasteiger partial charge on any atom is -0.481 e. The quantitative estimate of drug-likeness (QED) is 0.156. The van der Waals surface area contributed by atoms with E-state index in [0.717, 1.165) is 31.5 Å². The van der Waals surface area contributed by atoms with E-state index in [1.54, 1.807) is 12.1 Å². The highest BCUT2D eigenvalue weighted by Crippen LogP contribution is 2.17. The van der Waals surface area contributed by atoms with Crippen molar-refractivity contribution in [1.82, 2.24) is 0 Å². The molecule has 0 amide bonds. The molecule has 0 atom stereocenters. The van der Waals surface area contributed by atoms with Crippen LogP contribution in [0.2, 0.25) is 0 Å². The van der Waals surface area contributed by atoms with E-state index in [0.29, 0.717) is 5.56 Å². The second kappa shape index (κ2) is 15.0. The average molecular weight is 374 g/mol. The molecule has 0 saturated heterocycles. The van der Waals surface area contributed by atoms with E-state index in [1.807, 2.05) is 12.1 Å². The number of Topliss-reactive ketones (excluding diaryl/α,β-unsaturated/α-hetero) is 1. The summed E-state index contributed by atoms with van der Waals surface area (Å²) in [5, 5.41) is 12.0. The van der Waals surface area contributed by atoms with Gasteiger partial charge in [-0.2, -0.15) is 0 Å². The van der Waals surface area contributed by atoms with Gasteiger partial charge in [-0.25, -0.2) is 0 Å². The summed E-state index contributed by atoms with van der Waals surface area (Å²) in [6.45, 7) is 3.01. The number of anilines is 1. The Morgan fingerprint density at radius 3 is 2.26 bits per heavy atom. The van der Waals surface area contributed by atoms with Gasteiger partial charge in [0.25, 0.3) is 0 Å². The van der Waals surface area contributed by atoms with Gasteiger partial charge in [-0.1, -0.05) is 69.7 Å². The molecule has 1 aromatic rings. The molecule has 4 heteroatoms. The second-order valence-electron chi connectivity index (χ2n) is 6.99. The number of carbonyl (C=O) groups excluding carboxylic acids is 1. The van der Waals surface area contributed by atoms with Gasteiger partial charge in [0.2, 0.25) is 0 Å². The van der Waals surface area contributed by atoms with Gasteiger partial charge in [-0.3, -0.25) is 9.59 Å². The van der Waals surface area contributed by atoms with Crippen LogP contribution in [-0.4, -0.2) is 23.4 Å². The van der Waals surface area contributed by atoms with Crippen LogP contribution in [0.1, 0.15) is 87.9 Å². The molecule has 0 bridgehead atoms. The molecule has 1 aromatic carbocycles. The van der Waals surface area contributed by atoms with Crippen molar-refractivity contribution in [3.63, 3.8) is 0 Å². The zero-order valence-corrected chi connectivity index (χ0v) is 16.7. The molecule has 1 rings (SSSR count). The van der Waals surface area contributed by atoms with Crippen molar-refractivity contribution in [3.05, 3.63) is 42.0 Å². The highest BCUT2D eigenvalue weighted by atomic mass is 16.4. The molecule has 27 heavy (non-hydrogen) atoms. The van der Waals surface area contributed by atoms with Crippen LogP contribution in [-0.2, 0) is 4.79 Å². The molecule has 0 heterocycles. The van der Waals surface area contributed by atoms with Gasteiger partial charge in [0.05, 0.1) is 0 Å². The van der Waals surface area contributed by atoms with Gasteiger partial charge in [0, 0.05) is 17.8 Å². The number of aliphatic carboxylic acids is 1. The number of allylic oxidation sites excluding steroid dienone is 2. The Kier molecular flexibility index (Phi) is 12.7. The van der Waals surface area contributed by atoms with Crippen molar-refractivity contribution in [3.8, 4) is 0 Å². The Morgan fingerprint density at radius 1 is 0.926 bits per heavy atom. The van der Waals surface area contributed by atoms with Crippen molar-refractivity contribution < 1.29 is 14.7 Å². The minimum absolute atomic E-state index is 0.361.